The molecule has 0 spiro atoms. The number of ether oxygens (including phenoxy) is 1. The molecule has 3 rings (SSSR count). The molecular weight excluding hydrogens is 324 g/mol. The molecule has 0 unspecified atom stereocenters. The number of nitrogens with one attached hydrogen (secondary N) is 1. The zero-order valence-electron chi connectivity index (χ0n) is 13.5. The maximum atomic E-state index is 7.67. The van der Waals surface area contributed by atoms with Crippen LogP contribution in [0.4, 0.5) is 0 Å². The Hall–Kier alpha value is -1.82. The van der Waals surface area contributed by atoms with Crippen molar-refractivity contribution in [2.75, 3.05) is 19.8 Å². The molecule has 0 bridgehead atoms. The number of nitrogens with zero attached hydrogens (tertiary/aromatic N) is 2. The van der Waals surface area contributed by atoms with E-state index in [0.717, 1.165) is 60.7 Å². The number of aromatic nitrogens is 2. The normalized spacial score (nSPS) is 16.5. The van der Waals surface area contributed by atoms with E-state index in [2.05, 4.69) is 15.3 Å². The number of allylic oxidation sites excluding steroid dienone is 1. The van der Waals surface area contributed by atoms with Crippen molar-refractivity contribution >= 4 is 34.4 Å². The lowest BCUT2D eigenvalue weighted by Crippen LogP contribution is -2.78. The van der Waals surface area contributed by atoms with E-state index in [0.29, 0.717) is 5.15 Å². The molecule has 1 fully saturated rings. The first-order valence-corrected chi connectivity index (χ1v) is 8.68. The molecule has 1 aliphatic rings. The summed E-state index contributed by atoms with van der Waals surface area (Å²) in [7, 11) is 0. The van der Waals surface area contributed by atoms with Crippen LogP contribution >= 0.6 is 11.6 Å². The minimum atomic E-state index is 0.449. The Bertz CT molecular complexity index is 741. The first kappa shape index (κ1) is 17.0. The zero-order valence-corrected chi connectivity index (χ0v) is 14.3. The highest BCUT2D eigenvalue weighted by Gasteiger charge is 2.13. The fourth-order valence-corrected chi connectivity index (χ4v) is 3.10. The topological polar surface area (TPSA) is 75.5 Å². The Labute approximate surface area is 146 Å². The molecule has 0 aromatic carbocycles. The maximum absolute atomic E-state index is 7.67. The average Bonchev–Trinajstić information content (AvgIpc) is 2.62. The van der Waals surface area contributed by atoms with Crippen LogP contribution in [0.15, 0.2) is 30.6 Å². The molecule has 2 aromatic heterocycles. The molecule has 126 valence electrons. The van der Waals surface area contributed by atoms with Crippen LogP contribution in [0.2, 0.25) is 5.15 Å². The third-order valence-corrected chi connectivity index (χ3v) is 4.58. The smallest absolute Gasteiger partial charge is 0.129 e. The van der Waals surface area contributed by atoms with Gasteiger partial charge in [0, 0.05) is 31.2 Å². The Balaban J connectivity index is 1.65. The number of nitrogens with two attached hydrogens (primary N) is 1. The van der Waals surface area contributed by atoms with Gasteiger partial charge in [0.1, 0.15) is 11.4 Å². The van der Waals surface area contributed by atoms with Crippen molar-refractivity contribution in [2.45, 2.75) is 19.3 Å². The van der Waals surface area contributed by atoms with E-state index in [9.17, 15) is 0 Å². The number of quaternary nitrogens is 1. The predicted octanol–water partition coefficient (Wildman–Crippen LogP) is 2.65. The van der Waals surface area contributed by atoms with Crippen LogP contribution in [-0.4, -0.2) is 35.9 Å². The van der Waals surface area contributed by atoms with E-state index in [4.69, 9.17) is 21.7 Å². The summed E-state index contributed by atoms with van der Waals surface area (Å²) in [6.07, 6.45) is 8.64. The third kappa shape index (κ3) is 4.38. The van der Waals surface area contributed by atoms with Crippen LogP contribution in [0, 0.1) is 11.3 Å². The van der Waals surface area contributed by atoms with Gasteiger partial charge in [-0.25, -0.2) is 4.98 Å². The molecule has 5 nitrogen and oxygen atoms in total. The van der Waals surface area contributed by atoms with Gasteiger partial charge in [-0.1, -0.05) is 11.6 Å². The van der Waals surface area contributed by atoms with Crippen molar-refractivity contribution in [3.8, 4) is 0 Å². The second-order valence-corrected chi connectivity index (χ2v) is 6.42. The molecular formula is C18H22ClN4O+. The van der Waals surface area contributed by atoms with Gasteiger partial charge in [0.2, 0.25) is 0 Å². The average molecular weight is 346 g/mol. The van der Waals surface area contributed by atoms with Gasteiger partial charge in [-0.2, -0.15) is 0 Å². The SMILES string of the molecule is N=CC(=C[NH2+]CCC1CCOCC1)c1cnc2ccc(Cl)nc2c1. The number of fused-ring (bicyclic) bond motifs is 1. The molecule has 0 saturated carbocycles. The van der Waals surface area contributed by atoms with Gasteiger partial charge in [0.15, 0.2) is 0 Å². The summed E-state index contributed by atoms with van der Waals surface area (Å²) < 4.78 is 5.39. The lowest BCUT2D eigenvalue weighted by Gasteiger charge is -2.20. The van der Waals surface area contributed by atoms with Gasteiger partial charge in [-0.05, 0) is 43.4 Å². The quantitative estimate of drug-likeness (QED) is 0.480. The fourth-order valence-electron chi connectivity index (χ4n) is 2.94. The number of rotatable bonds is 6. The molecule has 1 saturated heterocycles. The van der Waals surface area contributed by atoms with Crippen LogP contribution in [0.3, 0.4) is 0 Å². The maximum Gasteiger partial charge on any atom is 0.129 e. The van der Waals surface area contributed by atoms with Crippen molar-refractivity contribution in [3.05, 3.63) is 41.3 Å². The number of halogens is 1. The lowest BCUT2D eigenvalue weighted by molar-refractivity contribution is -0.588. The van der Waals surface area contributed by atoms with Crippen molar-refractivity contribution in [2.24, 2.45) is 5.92 Å². The van der Waals surface area contributed by atoms with E-state index in [-0.39, 0.29) is 0 Å². The van der Waals surface area contributed by atoms with E-state index in [1.54, 1.807) is 12.3 Å². The van der Waals surface area contributed by atoms with E-state index in [1.807, 2.05) is 18.3 Å². The highest BCUT2D eigenvalue weighted by Crippen LogP contribution is 2.18. The van der Waals surface area contributed by atoms with Gasteiger partial charge >= 0.3 is 0 Å². The molecule has 0 aliphatic carbocycles. The Kier molecular flexibility index (Phi) is 5.91. The summed E-state index contributed by atoms with van der Waals surface area (Å²) in [5.41, 5.74) is 3.26. The number of pyridine rings is 2. The Morgan fingerprint density at radius 1 is 1.33 bits per heavy atom. The molecule has 0 atom stereocenters. The summed E-state index contributed by atoms with van der Waals surface area (Å²) in [5, 5.41) is 10.3. The lowest BCUT2D eigenvalue weighted by atomic mass is 9.97. The summed E-state index contributed by atoms with van der Waals surface area (Å²) in [6.45, 7) is 2.81. The van der Waals surface area contributed by atoms with Crippen LogP contribution < -0.4 is 5.32 Å². The highest BCUT2D eigenvalue weighted by molar-refractivity contribution is 6.29. The summed E-state index contributed by atoms with van der Waals surface area (Å²) in [5.74, 6) is 0.764. The molecule has 1 aliphatic heterocycles. The van der Waals surface area contributed by atoms with Crippen molar-refractivity contribution < 1.29 is 10.1 Å². The van der Waals surface area contributed by atoms with Crippen molar-refractivity contribution in [1.82, 2.24) is 9.97 Å². The van der Waals surface area contributed by atoms with Crippen LogP contribution in [0.25, 0.3) is 16.6 Å². The van der Waals surface area contributed by atoms with Crippen molar-refractivity contribution in [3.63, 3.8) is 0 Å². The minimum Gasteiger partial charge on any atom is -0.381 e. The second-order valence-electron chi connectivity index (χ2n) is 6.03. The van der Waals surface area contributed by atoms with E-state index >= 15 is 0 Å². The molecule has 0 radical (unpaired) electrons. The van der Waals surface area contributed by atoms with Crippen LogP contribution in [-0.2, 0) is 4.74 Å². The number of hydrogen-bond donors (Lipinski definition) is 2. The Morgan fingerprint density at radius 3 is 2.96 bits per heavy atom. The standard InChI is InChI=1S/C18H21ClN4O/c19-18-2-1-16-17(23-18)9-14(12-22-16)15(10-20)11-21-6-3-13-4-7-24-8-5-13/h1-2,9-13,20-21H,3-8H2/p+1. The molecule has 2 aromatic rings. The van der Waals surface area contributed by atoms with Crippen molar-refractivity contribution in [1.29, 1.82) is 5.41 Å². The molecule has 0 amide bonds. The first-order chi connectivity index (χ1) is 11.8. The fraction of sp³-hybridized carbons (Fsp3) is 0.389. The first-order valence-electron chi connectivity index (χ1n) is 8.30. The summed E-state index contributed by atoms with van der Waals surface area (Å²) >= 11 is 5.95. The van der Waals surface area contributed by atoms with Crippen LogP contribution in [0.5, 0.6) is 0 Å². The Morgan fingerprint density at radius 2 is 2.17 bits per heavy atom. The summed E-state index contributed by atoms with van der Waals surface area (Å²) in [4.78, 5) is 8.69. The molecule has 3 heterocycles. The molecule has 6 heteroatoms. The monoisotopic (exact) mass is 345 g/mol. The predicted molar refractivity (Wildman–Crippen MR) is 96.3 cm³/mol. The zero-order chi connectivity index (χ0) is 16.8. The van der Waals surface area contributed by atoms with Gasteiger partial charge in [0.05, 0.1) is 23.2 Å². The number of hydrogen-bond acceptors (Lipinski definition) is 4. The van der Waals surface area contributed by atoms with Gasteiger partial charge in [-0.15, -0.1) is 0 Å². The van der Waals surface area contributed by atoms with E-state index in [1.165, 1.54) is 12.6 Å². The van der Waals surface area contributed by atoms with Gasteiger partial charge < -0.3 is 15.5 Å². The van der Waals surface area contributed by atoms with Gasteiger partial charge in [0.25, 0.3) is 0 Å². The third-order valence-electron chi connectivity index (χ3n) is 4.37. The largest absolute Gasteiger partial charge is 0.381 e. The van der Waals surface area contributed by atoms with Gasteiger partial charge in [-0.3, -0.25) is 4.98 Å². The molecule has 24 heavy (non-hydrogen) atoms. The minimum absolute atomic E-state index is 0.449. The summed E-state index contributed by atoms with van der Waals surface area (Å²) in [6, 6.07) is 5.51. The van der Waals surface area contributed by atoms with E-state index < -0.39 is 0 Å². The molecule has 3 N–H and O–H groups in total. The second kappa shape index (κ2) is 8.33. The van der Waals surface area contributed by atoms with Crippen LogP contribution in [0.1, 0.15) is 24.8 Å². The highest BCUT2D eigenvalue weighted by atomic mass is 35.5.